The first kappa shape index (κ1) is 73.4. The lowest BCUT2D eigenvalue weighted by atomic mass is 9.99. The second-order valence-electron chi connectivity index (χ2n) is 25.0. The zero-order chi connectivity index (χ0) is 54.8. The number of hydrogen-bond donors (Lipinski definition) is 0. The average Bonchev–Trinajstić information content (AvgIpc) is 3.39. The van der Waals surface area contributed by atoms with Crippen LogP contribution in [0.3, 0.4) is 0 Å². The van der Waals surface area contributed by atoms with Crippen molar-refractivity contribution in [2.24, 2.45) is 17.8 Å². The summed E-state index contributed by atoms with van der Waals surface area (Å²) in [6.45, 7) is 13.9. The Labute approximate surface area is 469 Å². The average molecular weight is 1060 g/mol. The van der Waals surface area contributed by atoms with Crippen LogP contribution >= 0.6 is 0 Å². The van der Waals surface area contributed by atoms with E-state index < -0.39 is 6.10 Å². The smallest absolute Gasteiger partial charge is 0.306 e. The monoisotopic (exact) mass is 1060 g/mol. The van der Waals surface area contributed by atoms with Crippen LogP contribution in [0.15, 0.2) is 0 Å². The zero-order valence-corrected chi connectivity index (χ0v) is 51.9. The molecule has 0 amide bonds. The van der Waals surface area contributed by atoms with Gasteiger partial charge in [-0.2, -0.15) is 0 Å². The van der Waals surface area contributed by atoms with Gasteiger partial charge in [-0.05, 0) is 37.0 Å². The molecule has 1 unspecified atom stereocenters. The Morgan fingerprint density at radius 2 is 0.467 bits per heavy atom. The molecule has 6 nitrogen and oxygen atoms in total. The lowest BCUT2D eigenvalue weighted by Crippen LogP contribution is -2.30. The maximum Gasteiger partial charge on any atom is 0.306 e. The summed E-state index contributed by atoms with van der Waals surface area (Å²) in [5.41, 5.74) is 0. The molecule has 0 aromatic carbocycles. The fourth-order valence-corrected chi connectivity index (χ4v) is 10.7. The van der Waals surface area contributed by atoms with Gasteiger partial charge in [0.2, 0.25) is 0 Å². The Bertz CT molecular complexity index is 1170. The maximum absolute atomic E-state index is 12.9. The highest BCUT2D eigenvalue weighted by Gasteiger charge is 2.20. The first-order valence-electron chi connectivity index (χ1n) is 34.1. The first-order chi connectivity index (χ1) is 36.6. The van der Waals surface area contributed by atoms with Crippen molar-refractivity contribution in [1.29, 1.82) is 0 Å². The number of ether oxygens (including phenoxy) is 3. The standard InChI is InChI=1S/C69H134O6/c1-7-65(6)57-51-45-39-33-27-21-17-13-9-11-15-19-23-29-35-41-47-53-59-68(71)74-62-66(75-69(72)60-54-48-42-36-30-24-26-32-38-44-50-56-64(4)5)61-73-67(70)58-52-46-40-34-28-22-18-14-10-8-12-16-20-25-31-37-43-49-55-63(2)3/h63-66H,7-62H2,1-6H3/t65?,66-/m0/s1. The molecule has 0 saturated heterocycles. The van der Waals surface area contributed by atoms with Crippen molar-refractivity contribution in [2.45, 2.75) is 394 Å². The molecule has 0 rings (SSSR count). The van der Waals surface area contributed by atoms with Gasteiger partial charge in [-0.1, -0.05) is 350 Å². The largest absolute Gasteiger partial charge is 0.462 e. The van der Waals surface area contributed by atoms with Crippen molar-refractivity contribution >= 4 is 17.9 Å². The van der Waals surface area contributed by atoms with Gasteiger partial charge in [0.05, 0.1) is 0 Å². The number of carbonyl (C=O) groups is 3. The van der Waals surface area contributed by atoms with Crippen LogP contribution in [0.2, 0.25) is 0 Å². The zero-order valence-electron chi connectivity index (χ0n) is 51.9. The topological polar surface area (TPSA) is 78.9 Å². The second kappa shape index (κ2) is 60.1. The van der Waals surface area contributed by atoms with Gasteiger partial charge < -0.3 is 14.2 Å². The first-order valence-corrected chi connectivity index (χ1v) is 34.1. The van der Waals surface area contributed by atoms with Crippen LogP contribution in [-0.4, -0.2) is 37.2 Å². The molecular formula is C69H134O6. The van der Waals surface area contributed by atoms with Crippen LogP contribution in [0.25, 0.3) is 0 Å². The summed E-state index contributed by atoms with van der Waals surface area (Å²) in [6, 6.07) is 0. The van der Waals surface area contributed by atoms with Crippen molar-refractivity contribution in [3.8, 4) is 0 Å². The Morgan fingerprint density at radius 1 is 0.267 bits per heavy atom. The summed E-state index contributed by atoms with van der Waals surface area (Å²) in [7, 11) is 0. The number of unbranched alkanes of at least 4 members (excludes halogenated alkanes) is 44. The Hall–Kier alpha value is -1.59. The summed E-state index contributed by atoms with van der Waals surface area (Å²) in [6.07, 6.45) is 66.8. The van der Waals surface area contributed by atoms with E-state index in [2.05, 4.69) is 41.5 Å². The van der Waals surface area contributed by atoms with Crippen LogP contribution < -0.4 is 0 Å². The molecule has 0 aliphatic heterocycles. The van der Waals surface area contributed by atoms with Crippen molar-refractivity contribution in [3.63, 3.8) is 0 Å². The minimum atomic E-state index is -0.765. The molecule has 0 aromatic heterocycles. The number of esters is 3. The number of rotatable bonds is 62. The molecule has 0 aliphatic rings. The summed E-state index contributed by atoms with van der Waals surface area (Å²) < 4.78 is 17.0. The van der Waals surface area contributed by atoms with Gasteiger partial charge >= 0.3 is 17.9 Å². The molecule has 0 heterocycles. The molecule has 446 valence electrons. The molecule has 0 N–H and O–H groups in total. The third-order valence-electron chi connectivity index (χ3n) is 16.3. The van der Waals surface area contributed by atoms with Crippen LogP contribution in [0.1, 0.15) is 388 Å². The van der Waals surface area contributed by atoms with Crippen LogP contribution in [0.4, 0.5) is 0 Å². The molecule has 0 aromatic rings. The van der Waals surface area contributed by atoms with E-state index in [1.165, 1.54) is 270 Å². The van der Waals surface area contributed by atoms with E-state index in [1.807, 2.05) is 0 Å². The van der Waals surface area contributed by atoms with E-state index in [9.17, 15) is 14.4 Å². The van der Waals surface area contributed by atoms with Crippen LogP contribution in [0.5, 0.6) is 0 Å². The van der Waals surface area contributed by atoms with Gasteiger partial charge in [0, 0.05) is 19.3 Å². The lowest BCUT2D eigenvalue weighted by molar-refractivity contribution is -0.167. The van der Waals surface area contributed by atoms with Crippen molar-refractivity contribution in [1.82, 2.24) is 0 Å². The molecule has 0 radical (unpaired) electrons. The predicted octanol–water partition coefficient (Wildman–Crippen LogP) is 23.0. The highest BCUT2D eigenvalue weighted by Crippen LogP contribution is 2.20. The van der Waals surface area contributed by atoms with Crippen molar-refractivity contribution in [3.05, 3.63) is 0 Å². The summed E-state index contributed by atoms with van der Waals surface area (Å²) >= 11 is 0. The molecule has 0 fully saturated rings. The van der Waals surface area contributed by atoms with Crippen LogP contribution in [0, 0.1) is 17.8 Å². The fourth-order valence-electron chi connectivity index (χ4n) is 10.7. The Balaban J connectivity index is 4.23. The number of hydrogen-bond acceptors (Lipinski definition) is 6. The van der Waals surface area contributed by atoms with Crippen LogP contribution in [-0.2, 0) is 28.6 Å². The van der Waals surface area contributed by atoms with Gasteiger partial charge in [0.25, 0.3) is 0 Å². The minimum Gasteiger partial charge on any atom is -0.462 e. The number of carbonyl (C=O) groups excluding carboxylic acids is 3. The molecule has 75 heavy (non-hydrogen) atoms. The lowest BCUT2D eigenvalue weighted by Gasteiger charge is -2.18. The maximum atomic E-state index is 12.9. The SMILES string of the molecule is CCC(C)CCCCCCCCCCCCCCCCCCCCC(=O)OC[C@H](COC(=O)CCCCCCCCCCCCCCCCCCCCC(C)C)OC(=O)CCCCCCCCCCCCCC(C)C. The van der Waals surface area contributed by atoms with E-state index in [0.29, 0.717) is 19.3 Å². The fraction of sp³-hybridized carbons (Fsp3) is 0.957. The third kappa shape index (κ3) is 61.5. The van der Waals surface area contributed by atoms with E-state index in [-0.39, 0.29) is 31.1 Å². The van der Waals surface area contributed by atoms with Gasteiger partial charge in [-0.3, -0.25) is 14.4 Å². The van der Waals surface area contributed by atoms with Gasteiger partial charge in [-0.25, -0.2) is 0 Å². The molecule has 0 saturated carbocycles. The summed E-state index contributed by atoms with van der Waals surface area (Å²) in [5.74, 6) is 1.76. The van der Waals surface area contributed by atoms with Crippen molar-refractivity contribution < 1.29 is 28.6 Å². The van der Waals surface area contributed by atoms with E-state index in [0.717, 1.165) is 75.5 Å². The highest BCUT2D eigenvalue weighted by molar-refractivity contribution is 5.71. The van der Waals surface area contributed by atoms with E-state index in [1.54, 1.807) is 0 Å². The summed E-state index contributed by atoms with van der Waals surface area (Å²) in [5, 5.41) is 0. The molecule has 6 heteroatoms. The molecule has 0 aliphatic carbocycles. The Kier molecular flexibility index (Phi) is 58.8. The third-order valence-corrected chi connectivity index (χ3v) is 16.3. The Morgan fingerprint density at radius 3 is 0.693 bits per heavy atom. The molecule has 0 spiro atoms. The van der Waals surface area contributed by atoms with Crippen molar-refractivity contribution in [2.75, 3.05) is 13.2 Å². The highest BCUT2D eigenvalue weighted by atomic mass is 16.6. The predicted molar refractivity (Wildman–Crippen MR) is 326 cm³/mol. The van der Waals surface area contributed by atoms with E-state index in [4.69, 9.17) is 14.2 Å². The second-order valence-corrected chi connectivity index (χ2v) is 25.0. The quantitative estimate of drug-likeness (QED) is 0.0343. The van der Waals surface area contributed by atoms with E-state index >= 15 is 0 Å². The van der Waals surface area contributed by atoms with Gasteiger partial charge in [0.15, 0.2) is 6.10 Å². The minimum absolute atomic E-state index is 0.0623. The molecule has 2 atom stereocenters. The van der Waals surface area contributed by atoms with Gasteiger partial charge in [-0.15, -0.1) is 0 Å². The summed E-state index contributed by atoms with van der Waals surface area (Å²) in [4.78, 5) is 38.4. The molecular weight excluding hydrogens is 925 g/mol. The molecule has 0 bridgehead atoms. The normalized spacial score (nSPS) is 12.5. The van der Waals surface area contributed by atoms with Gasteiger partial charge in [0.1, 0.15) is 13.2 Å².